The molecule has 17 heavy (non-hydrogen) atoms. The summed E-state index contributed by atoms with van der Waals surface area (Å²) in [6.07, 6.45) is 2.38. The van der Waals surface area contributed by atoms with E-state index in [0.29, 0.717) is 5.95 Å². The van der Waals surface area contributed by atoms with Crippen LogP contribution in [0.1, 0.15) is 18.5 Å². The lowest BCUT2D eigenvalue weighted by atomic mass is 10.2. The molecule has 2 aromatic heterocycles. The van der Waals surface area contributed by atoms with Gasteiger partial charge in [-0.15, -0.1) is 0 Å². The third-order valence-electron chi connectivity index (χ3n) is 2.24. The number of anilines is 1. The van der Waals surface area contributed by atoms with Crippen LogP contribution in [-0.2, 0) is 0 Å². The third kappa shape index (κ3) is 2.76. The van der Waals surface area contributed by atoms with E-state index in [1.807, 2.05) is 23.8 Å². The Morgan fingerprint density at radius 1 is 1.47 bits per heavy atom. The van der Waals surface area contributed by atoms with Crippen molar-refractivity contribution in [3.63, 3.8) is 0 Å². The molecule has 2 heterocycles. The van der Waals surface area contributed by atoms with Crippen LogP contribution in [0.2, 0.25) is 0 Å². The lowest BCUT2D eigenvalue weighted by Gasteiger charge is -2.11. The van der Waals surface area contributed by atoms with Crippen molar-refractivity contribution in [3.05, 3.63) is 44.9 Å². The summed E-state index contributed by atoms with van der Waals surface area (Å²) in [6.45, 7) is 1.98. The van der Waals surface area contributed by atoms with Crippen LogP contribution >= 0.6 is 11.3 Å². The molecule has 0 bridgehead atoms. The van der Waals surface area contributed by atoms with Gasteiger partial charge in [-0.3, -0.25) is 10.1 Å². The van der Waals surface area contributed by atoms with Gasteiger partial charge in [0.1, 0.15) is 12.4 Å². The summed E-state index contributed by atoms with van der Waals surface area (Å²) in [5.41, 5.74) is 1.02. The fourth-order valence-electron chi connectivity index (χ4n) is 1.29. The van der Waals surface area contributed by atoms with E-state index in [4.69, 9.17) is 0 Å². The van der Waals surface area contributed by atoms with Crippen LogP contribution in [0.25, 0.3) is 0 Å². The average Bonchev–Trinajstić information content (AvgIpc) is 2.83. The summed E-state index contributed by atoms with van der Waals surface area (Å²) < 4.78 is 0. The van der Waals surface area contributed by atoms with Crippen LogP contribution < -0.4 is 5.32 Å². The standard InChI is InChI=1S/C10H10N4O2S/c1-7(8-2-3-17-6-8)13-10-11-4-9(5-12-10)14(15)16/h2-7H,1H3,(H,11,12,13). The van der Waals surface area contributed by atoms with Crippen molar-refractivity contribution in [1.29, 1.82) is 0 Å². The van der Waals surface area contributed by atoms with Gasteiger partial charge in [0.25, 0.3) is 0 Å². The Kier molecular flexibility index (Phi) is 3.29. The molecule has 1 N–H and O–H groups in total. The highest BCUT2D eigenvalue weighted by molar-refractivity contribution is 7.07. The Bertz CT molecular complexity index is 498. The maximum Gasteiger partial charge on any atom is 0.305 e. The maximum absolute atomic E-state index is 10.4. The van der Waals surface area contributed by atoms with Crippen LogP contribution in [-0.4, -0.2) is 14.9 Å². The van der Waals surface area contributed by atoms with Crippen LogP contribution in [0, 0.1) is 10.1 Å². The Labute approximate surface area is 102 Å². The smallest absolute Gasteiger partial charge is 0.305 e. The molecular formula is C10H10N4O2S. The molecule has 0 fully saturated rings. The summed E-state index contributed by atoms with van der Waals surface area (Å²) in [7, 11) is 0. The van der Waals surface area contributed by atoms with E-state index in [0.717, 1.165) is 5.56 Å². The number of nitro groups is 1. The van der Waals surface area contributed by atoms with Crippen LogP contribution in [0.15, 0.2) is 29.2 Å². The topological polar surface area (TPSA) is 81.0 Å². The molecule has 7 heteroatoms. The molecule has 2 aromatic rings. The summed E-state index contributed by atoms with van der Waals surface area (Å²) >= 11 is 1.61. The highest BCUT2D eigenvalue weighted by Crippen LogP contribution is 2.19. The minimum Gasteiger partial charge on any atom is -0.348 e. The van der Waals surface area contributed by atoms with E-state index in [-0.39, 0.29) is 11.7 Å². The number of nitrogens with one attached hydrogen (secondary N) is 1. The van der Waals surface area contributed by atoms with Crippen molar-refractivity contribution in [1.82, 2.24) is 9.97 Å². The zero-order valence-electron chi connectivity index (χ0n) is 9.03. The van der Waals surface area contributed by atoms with Gasteiger partial charge in [-0.1, -0.05) is 0 Å². The molecule has 0 aliphatic heterocycles. The van der Waals surface area contributed by atoms with Gasteiger partial charge in [0.05, 0.1) is 11.0 Å². The Hall–Kier alpha value is -2.02. The van der Waals surface area contributed by atoms with E-state index in [2.05, 4.69) is 15.3 Å². The predicted octanol–water partition coefficient (Wildman–Crippen LogP) is 2.62. The minimum absolute atomic E-state index is 0.0720. The second kappa shape index (κ2) is 4.88. The summed E-state index contributed by atoms with van der Waals surface area (Å²) in [4.78, 5) is 17.7. The van der Waals surface area contributed by atoms with Gasteiger partial charge in [-0.2, -0.15) is 11.3 Å². The molecule has 1 unspecified atom stereocenters. The monoisotopic (exact) mass is 250 g/mol. The van der Waals surface area contributed by atoms with E-state index in [1.165, 1.54) is 12.4 Å². The summed E-state index contributed by atoms with van der Waals surface area (Å²) in [5, 5.41) is 17.5. The molecule has 0 spiro atoms. The van der Waals surface area contributed by atoms with Crippen molar-refractivity contribution in [2.45, 2.75) is 13.0 Å². The van der Waals surface area contributed by atoms with E-state index < -0.39 is 4.92 Å². The van der Waals surface area contributed by atoms with Gasteiger partial charge in [0, 0.05) is 0 Å². The molecule has 0 saturated heterocycles. The van der Waals surface area contributed by atoms with Crippen LogP contribution in [0.4, 0.5) is 11.6 Å². The lowest BCUT2D eigenvalue weighted by molar-refractivity contribution is -0.385. The number of hydrogen-bond donors (Lipinski definition) is 1. The van der Waals surface area contributed by atoms with E-state index in [1.54, 1.807) is 11.3 Å². The number of thiophene rings is 1. The quantitative estimate of drug-likeness (QED) is 0.666. The molecule has 0 aliphatic rings. The molecular weight excluding hydrogens is 240 g/mol. The molecule has 1 atom stereocenters. The fourth-order valence-corrected chi connectivity index (χ4v) is 2.04. The van der Waals surface area contributed by atoms with E-state index in [9.17, 15) is 10.1 Å². The Morgan fingerprint density at radius 2 is 2.18 bits per heavy atom. The van der Waals surface area contributed by atoms with Gasteiger partial charge in [-0.25, -0.2) is 9.97 Å². The van der Waals surface area contributed by atoms with Crippen molar-refractivity contribution in [3.8, 4) is 0 Å². The SMILES string of the molecule is CC(Nc1ncc([N+](=O)[O-])cn1)c1ccsc1. The molecule has 88 valence electrons. The Balaban J connectivity index is 2.06. The number of hydrogen-bond acceptors (Lipinski definition) is 6. The molecule has 2 rings (SSSR count). The average molecular weight is 250 g/mol. The minimum atomic E-state index is -0.522. The van der Waals surface area contributed by atoms with Gasteiger partial charge < -0.3 is 5.32 Å². The van der Waals surface area contributed by atoms with Crippen LogP contribution in [0.3, 0.4) is 0 Å². The molecule has 6 nitrogen and oxygen atoms in total. The van der Waals surface area contributed by atoms with Crippen molar-refractivity contribution in [2.24, 2.45) is 0 Å². The normalized spacial score (nSPS) is 12.1. The highest BCUT2D eigenvalue weighted by atomic mass is 32.1. The highest BCUT2D eigenvalue weighted by Gasteiger charge is 2.09. The molecule has 0 radical (unpaired) electrons. The zero-order valence-corrected chi connectivity index (χ0v) is 9.85. The fraction of sp³-hybridized carbons (Fsp3) is 0.200. The van der Waals surface area contributed by atoms with Crippen molar-refractivity contribution < 1.29 is 4.92 Å². The molecule has 0 aromatic carbocycles. The van der Waals surface area contributed by atoms with Gasteiger partial charge in [0.2, 0.25) is 5.95 Å². The van der Waals surface area contributed by atoms with Crippen molar-refractivity contribution in [2.75, 3.05) is 5.32 Å². The van der Waals surface area contributed by atoms with Crippen molar-refractivity contribution >= 4 is 23.0 Å². The maximum atomic E-state index is 10.4. The largest absolute Gasteiger partial charge is 0.348 e. The van der Waals surface area contributed by atoms with Crippen LogP contribution in [0.5, 0.6) is 0 Å². The zero-order chi connectivity index (χ0) is 12.3. The first-order valence-corrected chi connectivity index (χ1v) is 5.86. The molecule has 0 aliphatic carbocycles. The number of rotatable bonds is 4. The van der Waals surface area contributed by atoms with E-state index >= 15 is 0 Å². The second-order valence-corrected chi connectivity index (χ2v) is 4.22. The van der Waals surface area contributed by atoms with Gasteiger partial charge in [0.15, 0.2) is 0 Å². The second-order valence-electron chi connectivity index (χ2n) is 3.44. The summed E-state index contributed by atoms with van der Waals surface area (Å²) in [6, 6.07) is 2.08. The number of aromatic nitrogens is 2. The van der Waals surface area contributed by atoms with Gasteiger partial charge in [-0.05, 0) is 29.3 Å². The predicted molar refractivity (Wildman–Crippen MR) is 65.0 cm³/mol. The summed E-state index contributed by atoms with van der Waals surface area (Å²) in [5.74, 6) is 0.384. The lowest BCUT2D eigenvalue weighted by Crippen LogP contribution is -2.08. The first kappa shape index (κ1) is 11.5. The third-order valence-corrected chi connectivity index (χ3v) is 2.94. The Morgan fingerprint density at radius 3 is 2.71 bits per heavy atom. The molecule has 0 saturated carbocycles. The first-order valence-electron chi connectivity index (χ1n) is 4.92. The first-order chi connectivity index (χ1) is 8.16. The molecule has 0 amide bonds. The number of nitrogens with zero attached hydrogens (tertiary/aromatic N) is 3. The van der Waals surface area contributed by atoms with Gasteiger partial charge >= 0.3 is 5.69 Å².